The number of rotatable bonds is 4. The molecule has 1 saturated carbocycles. The first kappa shape index (κ1) is 19.2. The van der Waals surface area contributed by atoms with Crippen molar-refractivity contribution >= 4 is 17.5 Å². The first-order valence-corrected chi connectivity index (χ1v) is 10.7. The van der Waals surface area contributed by atoms with Crippen LogP contribution < -0.4 is 15.5 Å². The van der Waals surface area contributed by atoms with Crippen molar-refractivity contribution in [2.24, 2.45) is 11.8 Å². The van der Waals surface area contributed by atoms with Crippen LogP contribution in [0.3, 0.4) is 0 Å². The fourth-order valence-corrected chi connectivity index (χ4v) is 4.98. The van der Waals surface area contributed by atoms with E-state index in [1.807, 2.05) is 23.1 Å². The molecule has 3 aliphatic rings. The van der Waals surface area contributed by atoms with Gasteiger partial charge in [-0.25, -0.2) is 0 Å². The van der Waals surface area contributed by atoms with Crippen LogP contribution in [0.15, 0.2) is 35.9 Å². The third-order valence-electron chi connectivity index (χ3n) is 6.51. The van der Waals surface area contributed by atoms with Gasteiger partial charge in [-0.05, 0) is 50.8 Å². The first-order chi connectivity index (χ1) is 13.6. The third-order valence-corrected chi connectivity index (χ3v) is 6.51. The lowest BCUT2D eigenvalue weighted by Gasteiger charge is -2.34. The maximum Gasteiger partial charge on any atom is 0.231 e. The number of nitrogens with one attached hydrogen (secondary N) is 2. The van der Waals surface area contributed by atoms with Crippen LogP contribution in [0.1, 0.15) is 44.6 Å². The summed E-state index contributed by atoms with van der Waals surface area (Å²) in [4.78, 5) is 28.5. The molecule has 1 aliphatic carbocycles. The Bertz CT molecular complexity index is 773. The van der Waals surface area contributed by atoms with Crippen LogP contribution in [-0.2, 0) is 16.0 Å². The number of anilines is 1. The summed E-state index contributed by atoms with van der Waals surface area (Å²) in [6, 6.07) is 8.34. The molecule has 0 spiro atoms. The molecule has 0 bridgehead atoms. The van der Waals surface area contributed by atoms with Gasteiger partial charge in [0, 0.05) is 30.7 Å². The molecule has 0 saturated heterocycles. The minimum atomic E-state index is -0.205. The summed E-state index contributed by atoms with van der Waals surface area (Å²) in [6.45, 7) is 4.57. The van der Waals surface area contributed by atoms with Gasteiger partial charge in [-0.15, -0.1) is 0 Å². The lowest BCUT2D eigenvalue weighted by atomic mass is 9.77. The Morgan fingerprint density at radius 1 is 1.18 bits per heavy atom. The van der Waals surface area contributed by atoms with Crippen LogP contribution in [0.2, 0.25) is 0 Å². The van der Waals surface area contributed by atoms with Crippen LogP contribution in [0.4, 0.5) is 5.69 Å². The van der Waals surface area contributed by atoms with Crippen molar-refractivity contribution in [3.8, 4) is 0 Å². The standard InChI is InChI=1S/C23H31N3O2/c1-16-14-18-6-2-5-9-21(18)26(16)23(28)20-8-4-3-7-19(20)22(27)25-15-17-10-12-24-13-11-17/h2,5-6,9-10,16,19-20,24H,3-4,7-8,11-15H2,1H3,(H,25,27). The molecule has 2 N–H and O–H groups in total. The predicted octanol–water partition coefficient (Wildman–Crippen LogP) is 2.81. The highest BCUT2D eigenvalue weighted by atomic mass is 16.2. The monoisotopic (exact) mass is 381 g/mol. The molecule has 0 aromatic heterocycles. The number of amides is 2. The average molecular weight is 382 g/mol. The van der Waals surface area contributed by atoms with Gasteiger partial charge in [0.15, 0.2) is 0 Å². The van der Waals surface area contributed by atoms with Gasteiger partial charge in [0.25, 0.3) is 0 Å². The highest BCUT2D eigenvalue weighted by molar-refractivity contribution is 6.00. The van der Waals surface area contributed by atoms with Gasteiger partial charge in [-0.1, -0.05) is 42.7 Å². The Kier molecular flexibility index (Phi) is 5.81. The predicted molar refractivity (Wildman–Crippen MR) is 111 cm³/mol. The molecule has 3 unspecified atom stereocenters. The molecule has 1 aromatic rings. The smallest absolute Gasteiger partial charge is 0.231 e. The van der Waals surface area contributed by atoms with Crippen molar-refractivity contribution < 1.29 is 9.59 Å². The summed E-state index contributed by atoms with van der Waals surface area (Å²) < 4.78 is 0. The Labute approximate surface area is 167 Å². The normalized spacial score (nSPS) is 27.1. The Morgan fingerprint density at radius 3 is 2.75 bits per heavy atom. The quantitative estimate of drug-likeness (QED) is 0.789. The number of carbonyl (C=O) groups excluding carboxylic acids is 2. The van der Waals surface area contributed by atoms with Gasteiger partial charge in [0.2, 0.25) is 11.8 Å². The van der Waals surface area contributed by atoms with E-state index < -0.39 is 0 Å². The summed E-state index contributed by atoms with van der Waals surface area (Å²) in [5, 5.41) is 6.41. The number of hydrogen-bond acceptors (Lipinski definition) is 3. The zero-order valence-electron chi connectivity index (χ0n) is 16.7. The van der Waals surface area contributed by atoms with E-state index >= 15 is 0 Å². The van der Waals surface area contributed by atoms with Crippen molar-refractivity contribution in [3.05, 3.63) is 41.5 Å². The summed E-state index contributed by atoms with van der Waals surface area (Å²) >= 11 is 0. The minimum absolute atomic E-state index is 0.0533. The van der Waals surface area contributed by atoms with Crippen molar-refractivity contribution in [1.82, 2.24) is 10.6 Å². The molecule has 4 rings (SSSR count). The summed E-state index contributed by atoms with van der Waals surface area (Å²) in [7, 11) is 0. The second-order valence-electron chi connectivity index (χ2n) is 8.42. The van der Waals surface area contributed by atoms with E-state index in [0.29, 0.717) is 6.54 Å². The van der Waals surface area contributed by atoms with E-state index in [1.54, 1.807) is 0 Å². The van der Waals surface area contributed by atoms with E-state index in [1.165, 1.54) is 11.1 Å². The van der Waals surface area contributed by atoms with Crippen LogP contribution in [-0.4, -0.2) is 37.5 Å². The number of para-hydroxylation sites is 1. The maximum absolute atomic E-state index is 13.5. The second kappa shape index (κ2) is 8.48. The zero-order valence-corrected chi connectivity index (χ0v) is 16.7. The first-order valence-electron chi connectivity index (χ1n) is 10.7. The molecule has 5 heteroatoms. The number of benzene rings is 1. The van der Waals surface area contributed by atoms with Crippen molar-refractivity contribution in [3.63, 3.8) is 0 Å². The summed E-state index contributed by atoms with van der Waals surface area (Å²) in [6.07, 6.45) is 7.72. The van der Waals surface area contributed by atoms with Crippen LogP contribution >= 0.6 is 0 Å². The van der Waals surface area contributed by atoms with Crippen LogP contribution in [0.25, 0.3) is 0 Å². The zero-order chi connectivity index (χ0) is 19.5. The lowest BCUT2D eigenvalue weighted by molar-refractivity contribution is -0.135. The Hall–Kier alpha value is -2.14. The lowest BCUT2D eigenvalue weighted by Crippen LogP contribution is -2.47. The number of hydrogen-bond donors (Lipinski definition) is 2. The van der Waals surface area contributed by atoms with Gasteiger partial charge in [0.05, 0.1) is 5.92 Å². The van der Waals surface area contributed by atoms with Gasteiger partial charge >= 0.3 is 0 Å². The maximum atomic E-state index is 13.5. The molecule has 5 nitrogen and oxygen atoms in total. The molecule has 3 atom stereocenters. The second-order valence-corrected chi connectivity index (χ2v) is 8.42. The SMILES string of the molecule is CC1Cc2ccccc2N1C(=O)C1CCCCC1C(=O)NCC1=CCNCC1. The van der Waals surface area contributed by atoms with Crippen molar-refractivity contribution in [2.75, 3.05) is 24.5 Å². The molecular weight excluding hydrogens is 350 g/mol. The Morgan fingerprint density at radius 2 is 1.96 bits per heavy atom. The van der Waals surface area contributed by atoms with Crippen molar-refractivity contribution in [1.29, 1.82) is 0 Å². The highest BCUT2D eigenvalue weighted by Crippen LogP contribution is 2.38. The number of nitrogens with zero attached hydrogens (tertiary/aromatic N) is 1. The van der Waals surface area contributed by atoms with Gasteiger partial charge in [-0.2, -0.15) is 0 Å². The minimum Gasteiger partial charge on any atom is -0.352 e. The third kappa shape index (κ3) is 3.86. The van der Waals surface area contributed by atoms with E-state index in [0.717, 1.165) is 57.3 Å². The molecule has 150 valence electrons. The highest BCUT2D eigenvalue weighted by Gasteiger charge is 2.41. The van der Waals surface area contributed by atoms with E-state index in [2.05, 4.69) is 29.7 Å². The van der Waals surface area contributed by atoms with E-state index in [-0.39, 0.29) is 29.7 Å². The molecule has 1 aromatic carbocycles. The van der Waals surface area contributed by atoms with Gasteiger partial charge in [0.1, 0.15) is 0 Å². The molecular formula is C23H31N3O2. The summed E-state index contributed by atoms with van der Waals surface area (Å²) in [5.74, 6) is -0.219. The van der Waals surface area contributed by atoms with Gasteiger partial charge in [-0.3, -0.25) is 9.59 Å². The fourth-order valence-electron chi connectivity index (χ4n) is 4.98. The van der Waals surface area contributed by atoms with E-state index in [4.69, 9.17) is 0 Å². The van der Waals surface area contributed by atoms with Crippen LogP contribution in [0.5, 0.6) is 0 Å². The molecule has 2 aliphatic heterocycles. The molecule has 0 radical (unpaired) electrons. The largest absolute Gasteiger partial charge is 0.352 e. The average Bonchev–Trinajstić information content (AvgIpc) is 3.08. The van der Waals surface area contributed by atoms with Crippen molar-refractivity contribution in [2.45, 2.75) is 51.5 Å². The molecule has 2 amide bonds. The van der Waals surface area contributed by atoms with Gasteiger partial charge < -0.3 is 15.5 Å². The molecule has 2 heterocycles. The number of fused-ring (bicyclic) bond motifs is 1. The Balaban J connectivity index is 1.46. The molecule has 28 heavy (non-hydrogen) atoms. The molecule has 1 fully saturated rings. The topological polar surface area (TPSA) is 61.4 Å². The fraction of sp³-hybridized carbons (Fsp3) is 0.565. The number of carbonyl (C=O) groups is 2. The summed E-state index contributed by atoms with van der Waals surface area (Å²) in [5.41, 5.74) is 3.55. The van der Waals surface area contributed by atoms with E-state index in [9.17, 15) is 9.59 Å². The van der Waals surface area contributed by atoms with Crippen LogP contribution in [0, 0.1) is 11.8 Å².